The molecule has 0 aliphatic rings. The summed E-state index contributed by atoms with van der Waals surface area (Å²) in [6.45, 7) is 0.115. The van der Waals surface area contributed by atoms with Crippen molar-refractivity contribution in [2.24, 2.45) is 0 Å². The van der Waals surface area contributed by atoms with E-state index in [9.17, 15) is 17.6 Å². The molecule has 2 rings (SSSR count). The van der Waals surface area contributed by atoms with Gasteiger partial charge < -0.3 is 5.32 Å². The maximum atomic E-state index is 13.3. The van der Waals surface area contributed by atoms with E-state index in [2.05, 4.69) is 21.2 Å². The molecule has 1 N–H and O–H groups in total. The predicted octanol–water partition coefficient (Wildman–Crippen LogP) is 5.87. The SMILES string of the molecule is Fc1cccc(CNc2cc(Br)cc(C(F)(F)F)c2)c1Cl. The second-order valence-corrected chi connectivity index (χ2v) is 5.59. The summed E-state index contributed by atoms with van der Waals surface area (Å²) in [5, 5.41) is 2.76. The molecule has 0 saturated heterocycles. The molecule has 112 valence electrons. The summed E-state index contributed by atoms with van der Waals surface area (Å²) in [6, 6.07) is 7.77. The third-order valence-electron chi connectivity index (χ3n) is 2.74. The zero-order chi connectivity index (χ0) is 15.6. The van der Waals surface area contributed by atoms with E-state index in [0.717, 1.165) is 12.1 Å². The van der Waals surface area contributed by atoms with Crippen LogP contribution in [0.5, 0.6) is 0 Å². The van der Waals surface area contributed by atoms with Gasteiger partial charge in [0.05, 0.1) is 10.6 Å². The van der Waals surface area contributed by atoms with Gasteiger partial charge in [0.1, 0.15) is 5.82 Å². The van der Waals surface area contributed by atoms with E-state index in [0.29, 0.717) is 10.0 Å². The Kier molecular flexibility index (Phi) is 4.78. The molecule has 0 aliphatic heterocycles. The molecule has 0 atom stereocenters. The Morgan fingerprint density at radius 3 is 2.52 bits per heavy atom. The molecule has 2 aromatic rings. The van der Waals surface area contributed by atoms with Crippen LogP contribution in [0.25, 0.3) is 0 Å². The predicted molar refractivity (Wildman–Crippen MR) is 77.9 cm³/mol. The van der Waals surface area contributed by atoms with Gasteiger partial charge in [0.25, 0.3) is 0 Å². The summed E-state index contributed by atoms with van der Waals surface area (Å²) >= 11 is 8.82. The number of benzene rings is 2. The normalized spacial score (nSPS) is 11.5. The minimum atomic E-state index is -4.43. The van der Waals surface area contributed by atoms with E-state index in [4.69, 9.17) is 11.6 Å². The van der Waals surface area contributed by atoms with Crippen molar-refractivity contribution in [1.82, 2.24) is 0 Å². The van der Waals surface area contributed by atoms with Gasteiger partial charge >= 0.3 is 6.18 Å². The summed E-state index contributed by atoms with van der Waals surface area (Å²) < 4.78 is 51.7. The van der Waals surface area contributed by atoms with Crippen LogP contribution in [-0.2, 0) is 12.7 Å². The highest BCUT2D eigenvalue weighted by Crippen LogP contribution is 2.33. The minimum absolute atomic E-state index is 0.0453. The molecule has 0 radical (unpaired) electrons. The van der Waals surface area contributed by atoms with Crippen molar-refractivity contribution in [3.63, 3.8) is 0 Å². The molecule has 0 spiro atoms. The third-order valence-corrected chi connectivity index (χ3v) is 3.62. The van der Waals surface area contributed by atoms with Crippen LogP contribution in [0.15, 0.2) is 40.9 Å². The minimum Gasteiger partial charge on any atom is -0.381 e. The molecule has 0 aliphatic carbocycles. The monoisotopic (exact) mass is 381 g/mol. The Bertz CT molecular complexity index is 658. The zero-order valence-electron chi connectivity index (χ0n) is 10.4. The van der Waals surface area contributed by atoms with E-state index >= 15 is 0 Å². The number of rotatable bonds is 3. The van der Waals surface area contributed by atoms with Crippen molar-refractivity contribution < 1.29 is 17.6 Å². The smallest absolute Gasteiger partial charge is 0.381 e. The Balaban J connectivity index is 2.21. The van der Waals surface area contributed by atoms with Gasteiger partial charge in [0.2, 0.25) is 0 Å². The number of alkyl halides is 3. The highest BCUT2D eigenvalue weighted by atomic mass is 79.9. The summed E-state index contributed by atoms with van der Waals surface area (Å²) in [5.41, 5.74) is -0.0491. The summed E-state index contributed by atoms with van der Waals surface area (Å²) in [5.74, 6) is -0.568. The first kappa shape index (κ1) is 16.1. The lowest BCUT2D eigenvalue weighted by Gasteiger charge is -2.12. The van der Waals surface area contributed by atoms with Crippen LogP contribution >= 0.6 is 27.5 Å². The third kappa shape index (κ3) is 4.11. The van der Waals surface area contributed by atoms with Crippen molar-refractivity contribution in [3.8, 4) is 0 Å². The van der Waals surface area contributed by atoms with Crippen molar-refractivity contribution in [3.05, 3.63) is 62.8 Å². The lowest BCUT2D eigenvalue weighted by Crippen LogP contribution is -2.07. The average Bonchev–Trinajstić information content (AvgIpc) is 2.39. The molecule has 1 nitrogen and oxygen atoms in total. The molecular weight excluding hydrogens is 374 g/mol. The first-order chi connectivity index (χ1) is 9.77. The van der Waals surface area contributed by atoms with Crippen LogP contribution in [-0.4, -0.2) is 0 Å². The lowest BCUT2D eigenvalue weighted by molar-refractivity contribution is -0.137. The standard InChI is InChI=1S/C14H9BrClF4N/c15-10-4-9(14(18,19)20)5-11(6-10)21-7-8-2-1-3-12(17)13(8)16/h1-6,21H,7H2. The van der Waals surface area contributed by atoms with Crippen LogP contribution in [0.2, 0.25) is 5.02 Å². The van der Waals surface area contributed by atoms with Gasteiger partial charge in [-0.15, -0.1) is 0 Å². The maximum Gasteiger partial charge on any atom is 0.416 e. The van der Waals surface area contributed by atoms with E-state index in [1.807, 2.05) is 0 Å². The van der Waals surface area contributed by atoms with Crippen LogP contribution in [0.4, 0.5) is 23.2 Å². The van der Waals surface area contributed by atoms with E-state index < -0.39 is 17.6 Å². The molecule has 0 amide bonds. The Morgan fingerprint density at radius 1 is 1.14 bits per heavy atom. The van der Waals surface area contributed by atoms with E-state index in [1.54, 1.807) is 6.07 Å². The highest BCUT2D eigenvalue weighted by Gasteiger charge is 2.31. The van der Waals surface area contributed by atoms with Crippen molar-refractivity contribution in [1.29, 1.82) is 0 Å². The van der Waals surface area contributed by atoms with Crippen LogP contribution in [0.1, 0.15) is 11.1 Å². The van der Waals surface area contributed by atoms with Crippen molar-refractivity contribution >= 4 is 33.2 Å². The van der Waals surface area contributed by atoms with Crippen LogP contribution in [0, 0.1) is 5.82 Å². The van der Waals surface area contributed by atoms with E-state index in [-0.39, 0.29) is 17.3 Å². The van der Waals surface area contributed by atoms with Gasteiger partial charge in [-0.1, -0.05) is 39.7 Å². The van der Waals surface area contributed by atoms with E-state index in [1.165, 1.54) is 18.2 Å². The molecule has 0 saturated carbocycles. The first-order valence-corrected chi connectivity index (χ1v) is 6.99. The fourth-order valence-corrected chi connectivity index (χ4v) is 2.42. The maximum absolute atomic E-state index is 13.3. The number of nitrogens with one attached hydrogen (secondary N) is 1. The van der Waals surface area contributed by atoms with Gasteiger partial charge in [-0.3, -0.25) is 0 Å². The molecule has 2 aromatic carbocycles. The second kappa shape index (κ2) is 6.23. The average molecular weight is 383 g/mol. The van der Waals surface area contributed by atoms with Gasteiger partial charge in [0.15, 0.2) is 0 Å². The largest absolute Gasteiger partial charge is 0.416 e. The molecule has 21 heavy (non-hydrogen) atoms. The van der Waals surface area contributed by atoms with Gasteiger partial charge in [-0.25, -0.2) is 4.39 Å². The molecule has 0 bridgehead atoms. The fourth-order valence-electron chi connectivity index (χ4n) is 1.74. The Hall–Kier alpha value is -1.27. The molecule has 0 aromatic heterocycles. The second-order valence-electron chi connectivity index (χ2n) is 4.29. The number of anilines is 1. The molecule has 0 unspecified atom stereocenters. The lowest BCUT2D eigenvalue weighted by atomic mass is 10.1. The topological polar surface area (TPSA) is 12.0 Å². The van der Waals surface area contributed by atoms with Crippen molar-refractivity contribution in [2.45, 2.75) is 12.7 Å². The van der Waals surface area contributed by atoms with Gasteiger partial charge in [-0.2, -0.15) is 13.2 Å². The number of hydrogen-bond acceptors (Lipinski definition) is 1. The molecule has 7 heteroatoms. The number of hydrogen-bond donors (Lipinski definition) is 1. The van der Waals surface area contributed by atoms with Gasteiger partial charge in [-0.05, 0) is 29.8 Å². The summed E-state index contributed by atoms with van der Waals surface area (Å²) in [6.07, 6.45) is -4.43. The molecular formula is C14H9BrClF4N. The Labute approximate surface area is 132 Å². The quantitative estimate of drug-likeness (QED) is 0.654. The zero-order valence-corrected chi connectivity index (χ0v) is 12.8. The first-order valence-electron chi connectivity index (χ1n) is 5.82. The Morgan fingerprint density at radius 2 is 1.86 bits per heavy atom. The fraction of sp³-hybridized carbons (Fsp3) is 0.143. The summed E-state index contributed by atoms with van der Waals surface area (Å²) in [7, 11) is 0. The number of halogens is 6. The van der Waals surface area contributed by atoms with Crippen molar-refractivity contribution in [2.75, 3.05) is 5.32 Å². The van der Waals surface area contributed by atoms with Gasteiger partial charge in [0, 0.05) is 16.7 Å². The highest BCUT2D eigenvalue weighted by molar-refractivity contribution is 9.10. The molecule has 0 fully saturated rings. The molecule has 0 heterocycles. The van der Waals surface area contributed by atoms with Crippen LogP contribution in [0.3, 0.4) is 0 Å². The summed E-state index contributed by atoms with van der Waals surface area (Å²) in [4.78, 5) is 0. The van der Waals surface area contributed by atoms with Crippen LogP contribution < -0.4 is 5.32 Å².